The first kappa shape index (κ1) is 14.1. The summed E-state index contributed by atoms with van der Waals surface area (Å²) in [5.74, 6) is 1.41. The lowest BCUT2D eigenvalue weighted by atomic mass is 9.99. The molecule has 2 aromatic rings. The Kier molecular flexibility index (Phi) is 4.66. The van der Waals surface area contributed by atoms with Crippen LogP contribution in [-0.4, -0.2) is 14.2 Å². The minimum absolute atomic E-state index is 0.173. The van der Waals surface area contributed by atoms with Crippen molar-refractivity contribution >= 4 is 22.6 Å². The van der Waals surface area contributed by atoms with Crippen LogP contribution < -0.4 is 15.2 Å². The van der Waals surface area contributed by atoms with Gasteiger partial charge in [0.15, 0.2) is 11.5 Å². The average Bonchev–Trinajstić information content (AvgIpc) is 2.46. The summed E-state index contributed by atoms with van der Waals surface area (Å²) in [6.07, 6.45) is 0. The third-order valence-electron chi connectivity index (χ3n) is 3.01. The van der Waals surface area contributed by atoms with Gasteiger partial charge in [-0.25, -0.2) is 0 Å². The van der Waals surface area contributed by atoms with Gasteiger partial charge in [-0.2, -0.15) is 0 Å². The normalized spacial score (nSPS) is 12.0. The molecule has 1 atom stereocenters. The van der Waals surface area contributed by atoms with Gasteiger partial charge >= 0.3 is 0 Å². The number of hydrogen-bond donors (Lipinski definition) is 1. The predicted molar refractivity (Wildman–Crippen MR) is 84.7 cm³/mol. The van der Waals surface area contributed by atoms with Crippen molar-refractivity contribution in [3.05, 3.63) is 57.2 Å². The molecule has 0 fully saturated rings. The van der Waals surface area contributed by atoms with Gasteiger partial charge in [0.25, 0.3) is 0 Å². The molecule has 0 radical (unpaired) electrons. The third-order valence-corrected chi connectivity index (χ3v) is 3.99. The molecule has 2 aromatic carbocycles. The average molecular weight is 369 g/mol. The van der Waals surface area contributed by atoms with E-state index in [0.29, 0.717) is 11.5 Å². The summed E-state index contributed by atoms with van der Waals surface area (Å²) < 4.78 is 11.7. The molecule has 0 bridgehead atoms. The fraction of sp³-hybridized carbons (Fsp3) is 0.200. The molecule has 0 heterocycles. The van der Waals surface area contributed by atoms with Gasteiger partial charge in [-0.3, -0.25) is 0 Å². The number of ether oxygens (including phenoxy) is 2. The van der Waals surface area contributed by atoms with Crippen molar-refractivity contribution in [2.24, 2.45) is 5.73 Å². The van der Waals surface area contributed by atoms with E-state index in [4.69, 9.17) is 15.2 Å². The zero-order valence-corrected chi connectivity index (χ0v) is 13.0. The van der Waals surface area contributed by atoms with Crippen LogP contribution in [0, 0.1) is 3.57 Å². The molecule has 100 valence electrons. The Labute approximate surface area is 126 Å². The molecule has 19 heavy (non-hydrogen) atoms. The van der Waals surface area contributed by atoms with Crippen molar-refractivity contribution in [1.29, 1.82) is 0 Å². The van der Waals surface area contributed by atoms with Gasteiger partial charge in [0, 0.05) is 3.57 Å². The van der Waals surface area contributed by atoms with E-state index in [0.717, 1.165) is 14.7 Å². The first-order valence-corrected chi connectivity index (χ1v) is 6.97. The molecule has 0 aliphatic carbocycles. The van der Waals surface area contributed by atoms with Crippen LogP contribution >= 0.6 is 22.6 Å². The van der Waals surface area contributed by atoms with Crippen LogP contribution in [0.25, 0.3) is 0 Å². The summed E-state index contributed by atoms with van der Waals surface area (Å²) in [5.41, 5.74) is 8.44. The third kappa shape index (κ3) is 3.01. The standard InChI is InChI=1S/C15H16INO2/c1-18-13-8-7-10(9-14(13)19-2)15(17)11-5-3-4-6-12(11)16/h3-9,15H,17H2,1-2H3. The van der Waals surface area contributed by atoms with Gasteiger partial charge in [0.2, 0.25) is 0 Å². The van der Waals surface area contributed by atoms with E-state index in [1.165, 1.54) is 0 Å². The maximum Gasteiger partial charge on any atom is 0.161 e. The summed E-state index contributed by atoms with van der Waals surface area (Å²) in [4.78, 5) is 0. The molecule has 0 spiro atoms. The smallest absolute Gasteiger partial charge is 0.161 e. The van der Waals surface area contributed by atoms with Crippen molar-refractivity contribution in [2.45, 2.75) is 6.04 Å². The van der Waals surface area contributed by atoms with E-state index >= 15 is 0 Å². The first-order chi connectivity index (χ1) is 9.17. The molecular weight excluding hydrogens is 353 g/mol. The Hall–Kier alpha value is -1.27. The van der Waals surface area contributed by atoms with Gasteiger partial charge in [-0.15, -0.1) is 0 Å². The molecule has 0 aromatic heterocycles. The number of nitrogens with two attached hydrogens (primary N) is 1. The highest BCUT2D eigenvalue weighted by Gasteiger charge is 2.14. The predicted octanol–water partition coefficient (Wildman–Crippen LogP) is 3.36. The molecule has 0 aliphatic heterocycles. The molecular formula is C15H16INO2. The van der Waals surface area contributed by atoms with Crippen molar-refractivity contribution in [1.82, 2.24) is 0 Å². The molecule has 4 heteroatoms. The Morgan fingerprint density at radius 1 is 1.00 bits per heavy atom. The first-order valence-electron chi connectivity index (χ1n) is 5.89. The van der Waals surface area contributed by atoms with Crippen LogP contribution in [0.1, 0.15) is 17.2 Å². The summed E-state index contributed by atoms with van der Waals surface area (Å²) in [6, 6.07) is 13.7. The molecule has 0 amide bonds. The van der Waals surface area contributed by atoms with Crippen LogP contribution in [0.15, 0.2) is 42.5 Å². The Bertz CT molecular complexity index is 572. The summed E-state index contributed by atoms with van der Waals surface area (Å²) in [7, 11) is 3.25. The molecule has 0 saturated heterocycles. The SMILES string of the molecule is COc1ccc(C(N)c2ccccc2I)cc1OC. The van der Waals surface area contributed by atoms with Crippen LogP contribution in [0.3, 0.4) is 0 Å². The second kappa shape index (κ2) is 6.25. The monoisotopic (exact) mass is 369 g/mol. The maximum atomic E-state index is 6.33. The van der Waals surface area contributed by atoms with Gasteiger partial charge in [0.05, 0.1) is 20.3 Å². The highest BCUT2D eigenvalue weighted by Crippen LogP contribution is 2.32. The van der Waals surface area contributed by atoms with E-state index in [1.54, 1.807) is 14.2 Å². The maximum absolute atomic E-state index is 6.33. The Balaban J connectivity index is 2.39. The van der Waals surface area contributed by atoms with Crippen molar-refractivity contribution < 1.29 is 9.47 Å². The molecule has 0 aliphatic rings. The second-order valence-corrected chi connectivity index (χ2v) is 5.28. The van der Waals surface area contributed by atoms with Crippen molar-refractivity contribution in [3.8, 4) is 11.5 Å². The molecule has 0 saturated carbocycles. The molecule has 1 unspecified atom stereocenters. The lowest BCUT2D eigenvalue weighted by Gasteiger charge is -2.16. The van der Waals surface area contributed by atoms with E-state index in [-0.39, 0.29) is 6.04 Å². The number of benzene rings is 2. The van der Waals surface area contributed by atoms with E-state index in [2.05, 4.69) is 28.7 Å². The molecule has 2 rings (SSSR count). The largest absolute Gasteiger partial charge is 0.493 e. The Morgan fingerprint density at radius 2 is 1.68 bits per heavy atom. The van der Waals surface area contributed by atoms with Crippen molar-refractivity contribution in [3.63, 3.8) is 0 Å². The van der Waals surface area contributed by atoms with Crippen LogP contribution in [0.2, 0.25) is 0 Å². The Morgan fingerprint density at radius 3 is 2.32 bits per heavy atom. The van der Waals surface area contributed by atoms with E-state index in [9.17, 15) is 0 Å². The molecule has 2 N–H and O–H groups in total. The fourth-order valence-electron chi connectivity index (χ4n) is 1.95. The van der Waals surface area contributed by atoms with Crippen molar-refractivity contribution in [2.75, 3.05) is 14.2 Å². The minimum atomic E-state index is -0.173. The second-order valence-electron chi connectivity index (χ2n) is 4.11. The van der Waals surface area contributed by atoms with Gasteiger partial charge < -0.3 is 15.2 Å². The van der Waals surface area contributed by atoms with E-state index < -0.39 is 0 Å². The number of methoxy groups -OCH3 is 2. The minimum Gasteiger partial charge on any atom is -0.493 e. The van der Waals surface area contributed by atoms with Gasteiger partial charge in [-0.05, 0) is 51.9 Å². The number of hydrogen-bond acceptors (Lipinski definition) is 3. The summed E-state index contributed by atoms with van der Waals surface area (Å²) in [6.45, 7) is 0. The van der Waals surface area contributed by atoms with Crippen LogP contribution in [0.4, 0.5) is 0 Å². The van der Waals surface area contributed by atoms with Crippen LogP contribution in [0.5, 0.6) is 11.5 Å². The topological polar surface area (TPSA) is 44.5 Å². The van der Waals surface area contributed by atoms with E-state index in [1.807, 2.05) is 36.4 Å². The summed E-state index contributed by atoms with van der Waals surface area (Å²) in [5, 5.41) is 0. The quantitative estimate of drug-likeness (QED) is 0.841. The highest BCUT2D eigenvalue weighted by atomic mass is 127. The highest BCUT2D eigenvalue weighted by molar-refractivity contribution is 14.1. The number of halogens is 1. The lowest BCUT2D eigenvalue weighted by Crippen LogP contribution is -2.13. The fourth-order valence-corrected chi connectivity index (χ4v) is 2.68. The number of rotatable bonds is 4. The molecule has 3 nitrogen and oxygen atoms in total. The zero-order chi connectivity index (χ0) is 13.8. The van der Waals surface area contributed by atoms with Gasteiger partial charge in [0.1, 0.15) is 0 Å². The zero-order valence-electron chi connectivity index (χ0n) is 10.9. The summed E-state index contributed by atoms with van der Waals surface area (Å²) >= 11 is 2.30. The van der Waals surface area contributed by atoms with Crippen LogP contribution in [-0.2, 0) is 0 Å². The van der Waals surface area contributed by atoms with Gasteiger partial charge in [-0.1, -0.05) is 24.3 Å². The lowest BCUT2D eigenvalue weighted by molar-refractivity contribution is 0.354.